The number of halogens is 1. The Balaban J connectivity index is 3.33. The van der Waals surface area contributed by atoms with Crippen LogP contribution in [-0.4, -0.2) is 19.2 Å². The molecule has 1 aromatic carbocycles. The van der Waals surface area contributed by atoms with Crippen LogP contribution < -0.4 is 4.74 Å². The van der Waals surface area contributed by atoms with Gasteiger partial charge in [0.25, 0.3) is 0 Å². The average Bonchev–Trinajstić information content (AvgIpc) is 2.26. The SMILES string of the molecule is COc1cccc(C=O)c1C(Br)C(C)=O. The fourth-order valence-corrected chi connectivity index (χ4v) is 1.81. The molecule has 0 spiro atoms. The fourth-order valence-electron chi connectivity index (χ4n) is 1.32. The van der Waals surface area contributed by atoms with Crippen molar-refractivity contribution in [2.45, 2.75) is 11.8 Å². The van der Waals surface area contributed by atoms with Gasteiger partial charge in [0.05, 0.1) is 7.11 Å². The Labute approximate surface area is 96.6 Å². The minimum atomic E-state index is -0.506. The first-order valence-corrected chi connectivity index (χ1v) is 5.30. The molecule has 0 aliphatic heterocycles. The lowest BCUT2D eigenvalue weighted by atomic mass is 10.0. The molecule has 0 N–H and O–H groups in total. The molecule has 0 radical (unpaired) electrons. The van der Waals surface area contributed by atoms with Crippen LogP contribution in [0.1, 0.15) is 27.7 Å². The number of alkyl halides is 1. The molecule has 0 aliphatic rings. The van der Waals surface area contributed by atoms with Crippen LogP contribution >= 0.6 is 15.9 Å². The molecule has 1 atom stereocenters. The Bertz CT molecular complexity index is 387. The molecule has 0 fully saturated rings. The van der Waals surface area contributed by atoms with Crippen LogP contribution in [0.25, 0.3) is 0 Å². The van der Waals surface area contributed by atoms with Crippen LogP contribution in [0.3, 0.4) is 0 Å². The van der Waals surface area contributed by atoms with Gasteiger partial charge < -0.3 is 4.74 Å². The quantitative estimate of drug-likeness (QED) is 0.624. The van der Waals surface area contributed by atoms with Crippen LogP contribution in [0.15, 0.2) is 18.2 Å². The normalized spacial score (nSPS) is 11.9. The summed E-state index contributed by atoms with van der Waals surface area (Å²) in [6.07, 6.45) is 0.717. The molecule has 15 heavy (non-hydrogen) atoms. The molecular weight excluding hydrogens is 260 g/mol. The lowest BCUT2D eigenvalue weighted by Gasteiger charge is -2.13. The van der Waals surface area contributed by atoms with E-state index in [0.717, 1.165) is 6.29 Å². The molecule has 4 heteroatoms. The van der Waals surface area contributed by atoms with E-state index in [9.17, 15) is 9.59 Å². The summed E-state index contributed by atoms with van der Waals surface area (Å²) in [5.41, 5.74) is 1.05. The van der Waals surface area contributed by atoms with Crippen LogP contribution in [0.5, 0.6) is 5.75 Å². The van der Waals surface area contributed by atoms with Gasteiger partial charge in [0, 0.05) is 11.1 Å². The predicted octanol–water partition coefficient (Wildman–Crippen LogP) is 2.53. The number of hydrogen-bond donors (Lipinski definition) is 0. The zero-order chi connectivity index (χ0) is 11.4. The van der Waals surface area contributed by atoms with Gasteiger partial charge >= 0.3 is 0 Å². The standard InChI is InChI=1S/C11H11BrO3/c1-7(14)11(12)10-8(6-13)4-3-5-9(10)15-2/h3-6,11H,1-2H3. The fraction of sp³-hybridized carbons (Fsp3) is 0.273. The highest BCUT2D eigenvalue weighted by molar-refractivity contribution is 9.09. The van der Waals surface area contributed by atoms with Gasteiger partial charge in [-0.2, -0.15) is 0 Å². The van der Waals surface area contributed by atoms with E-state index in [-0.39, 0.29) is 5.78 Å². The molecule has 0 aromatic heterocycles. The Morgan fingerprint density at radius 2 is 2.20 bits per heavy atom. The third kappa shape index (κ3) is 2.45. The number of carbonyl (C=O) groups excluding carboxylic acids is 2. The average molecular weight is 271 g/mol. The minimum Gasteiger partial charge on any atom is -0.496 e. The summed E-state index contributed by atoms with van der Waals surface area (Å²) in [5.74, 6) is 0.472. The molecular formula is C11H11BrO3. The first-order chi connectivity index (χ1) is 7.11. The van der Waals surface area contributed by atoms with E-state index >= 15 is 0 Å². The van der Waals surface area contributed by atoms with Crippen LogP contribution in [-0.2, 0) is 4.79 Å². The van der Waals surface area contributed by atoms with Crippen molar-refractivity contribution in [1.29, 1.82) is 0 Å². The van der Waals surface area contributed by atoms with Crippen LogP contribution in [0.4, 0.5) is 0 Å². The van der Waals surface area contributed by atoms with E-state index in [0.29, 0.717) is 16.9 Å². The van der Waals surface area contributed by atoms with Crippen molar-refractivity contribution >= 4 is 28.0 Å². The second-order valence-electron chi connectivity index (χ2n) is 3.05. The first-order valence-electron chi connectivity index (χ1n) is 4.38. The Hall–Kier alpha value is -1.16. The van der Waals surface area contributed by atoms with Gasteiger partial charge in [-0.25, -0.2) is 0 Å². The van der Waals surface area contributed by atoms with E-state index in [1.807, 2.05) is 0 Å². The van der Waals surface area contributed by atoms with Crippen molar-refractivity contribution < 1.29 is 14.3 Å². The number of hydrogen-bond acceptors (Lipinski definition) is 3. The Morgan fingerprint density at radius 1 is 1.53 bits per heavy atom. The van der Waals surface area contributed by atoms with Crippen molar-refractivity contribution in [2.24, 2.45) is 0 Å². The van der Waals surface area contributed by atoms with E-state index in [4.69, 9.17) is 4.74 Å². The highest BCUT2D eigenvalue weighted by Crippen LogP contribution is 2.33. The third-order valence-electron chi connectivity index (χ3n) is 2.06. The van der Waals surface area contributed by atoms with E-state index in [2.05, 4.69) is 15.9 Å². The largest absolute Gasteiger partial charge is 0.496 e. The summed E-state index contributed by atoms with van der Waals surface area (Å²) in [4.78, 5) is 21.6. The van der Waals surface area contributed by atoms with Gasteiger partial charge in [-0.3, -0.25) is 9.59 Å². The third-order valence-corrected chi connectivity index (χ3v) is 3.16. The maximum atomic E-state index is 11.3. The number of rotatable bonds is 4. The van der Waals surface area contributed by atoms with Crippen molar-refractivity contribution in [1.82, 2.24) is 0 Å². The maximum absolute atomic E-state index is 11.3. The number of carbonyl (C=O) groups is 2. The minimum absolute atomic E-state index is 0.0670. The number of ether oxygens (including phenoxy) is 1. The van der Waals surface area contributed by atoms with Gasteiger partial charge in [0.1, 0.15) is 16.4 Å². The van der Waals surface area contributed by atoms with Gasteiger partial charge in [-0.1, -0.05) is 28.1 Å². The van der Waals surface area contributed by atoms with Crippen LogP contribution in [0.2, 0.25) is 0 Å². The number of aldehydes is 1. The zero-order valence-electron chi connectivity index (χ0n) is 8.49. The molecule has 1 aromatic rings. The van der Waals surface area contributed by atoms with Crippen molar-refractivity contribution in [3.63, 3.8) is 0 Å². The Morgan fingerprint density at radius 3 is 2.67 bits per heavy atom. The van der Waals surface area contributed by atoms with Gasteiger partial charge in [-0.05, 0) is 13.0 Å². The van der Waals surface area contributed by atoms with E-state index in [1.165, 1.54) is 14.0 Å². The molecule has 1 unspecified atom stereocenters. The first kappa shape index (κ1) is 11.9. The van der Waals surface area contributed by atoms with Crippen molar-refractivity contribution in [3.8, 4) is 5.75 Å². The molecule has 0 saturated carbocycles. The number of benzene rings is 1. The number of ketones is 1. The van der Waals surface area contributed by atoms with Gasteiger partial charge in [-0.15, -0.1) is 0 Å². The molecule has 0 amide bonds. The molecule has 0 aliphatic carbocycles. The number of Topliss-reactive ketones (excluding diaryl/α,β-unsaturated/α-hetero) is 1. The van der Waals surface area contributed by atoms with Crippen molar-refractivity contribution in [3.05, 3.63) is 29.3 Å². The zero-order valence-corrected chi connectivity index (χ0v) is 10.1. The van der Waals surface area contributed by atoms with Gasteiger partial charge in [0.2, 0.25) is 0 Å². The highest BCUT2D eigenvalue weighted by atomic mass is 79.9. The lowest BCUT2D eigenvalue weighted by molar-refractivity contribution is -0.116. The molecule has 0 saturated heterocycles. The molecule has 3 nitrogen and oxygen atoms in total. The number of methoxy groups -OCH3 is 1. The van der Waals surface area contributed by atoms with Crippen LogP contribution in [0, 0.1) is 0 Å². The molecule has 1 rings (SSSR count). The summed E-state index contributed by atoms with van der Waals surface area (Å²) >= 11 is 3.25. The molecule has 0 heterocycles. The van der Waals surface area contributed by atoms with Crippen molar-refractivity contribution in [2.75, 3.05) is 7.11 Å². The highest BCUT2D eigenvalue weighted by Gasteiger charge is 2.20. The second kappa shape index (κ2) is 5.07. The maximum Gasteiger partial charge on any atom is 0.150 e. The predicted molar refractivity (Wildman–Crippen MR) is 60.7 cm³/mol. The second-order valence-corrected chi connectivity index (χ2v) is 3.97. The summed E-state index contributed by atoms with van der Waals surface area (Å²) in [5, 5.41) is 0. The van der Waals surface area contributed by atoms with Gasteiger partial charge in [0.15, 0.2) is 6.29 Å². The summed E-state index contributed by atoms with van der Waals surface area (Å²) in [7, 11) is 1.51. The monoisotopic (exact) mass is 270 g/mol. The lowest BCUT2D eigenvalue weighted by Crippen LogP contribution is -2.06. The molecule has 80 valence electrons. The van der Waals surface area contributed by atoms with E-state index in [1.54, 1.807) is 18.2 Å². The Kier molecular flexibility index (Phi) is 4.03. The van der Waals surface area contributed by atoms with E-state index < -0.39 is 4.83 Å². The summed E-state index contributed by atoms with van der Waals surface area (Å²) < 4.78 is 5.12. The smallest absolute Gasteiger partial charge is 0.150 e. The molecule has 0 bridgehead atoms. The topological polar surface area (TPSA) is 43.4 Å². The summed E-state index contributed by atoms with van der Waals surface area (Å²) in [6.45, 7) is 1.46. The summed E-state index contributed by atoms with van der Waals surface area (Å²) in [6, 6.07) is 5.09.